The second-order valence-electron chi connectivity index (χ2n) is 8.84. The third kappa shape index (κ3) is 4.65. The molecule has 35 heavy (non-hydrogen) atoms. The SMILES string of the molecule is O=C(NCC1(c2cccnc2)CCCCC1)c1sc(-c2cccc3cccnc23)nc1C(F)(F)F. The number of halogens is 3. The molecule has 0 saturated heterocycles. The summed E-state index contributed by atoms with van der Waals surface area (Å²) in [4.78, 5) is 25.2. The molecule has 0 bridgehead atoms. The van der Waals surface area contributed by atoms with Crippen LogP contribution in [0.1, 0.15) is 53.0 Å². The molecule has 4 aromatic rings. The minimum atomic E-state index is -4.76. The van der Waals surface area contributed by atoms with Crippen LogP contribution >= 0.6 is 11.3 Å². The van der Waals surface area contributed by atoms with E-state index in [4.69, 9.17) is 0 Å². The van der Waals surface area contributed by atoms with E-state index < -0.39 is 22.7 Å². The number of carbonyl (C=O) groups excluding carboxylic acids is 1. The zero-order chi connectivity index (χ0) is 24.5. The van der Waals surface area contributed by atoms with Gasteiger partial charge in [0, 0.05) is 41.5 Å². The number of pyridine rings is 2. The monoisotopic (exact) mass is 496 g/mol. The Kier molecular flexibility index (Phi) is 6.27. The van der Waals surface area contributed by atoms with Gasteiger partial charge in [0.15, 0.2) is 5.69 Å². The summed E-state index contributed by atoms with van der Waals surface area (Å²) in [5.41, 5.74) is 0.511. The van der Waals surface area contributed by atoms with Gasteiger partial charge in [-0.25, -0.2) is 4.98 Å². The highest BCUT2D eigenvalue weighted by atomic mass is 32.1. The molecule has 5 nitrogen and oxygen atoms in total. The lowest BCUT2D eigenvalue weighted by atomic mass is 9.70. The van der Waals surface area contributed by atoms with Crippen LogP contribution in [-0.4, -0.2) is 27.4 Å². The molecule has 0 unspecified atom stereocenters. The van der Waals surface area contributed by atoms with Crippen molar-refractivity contribution in [2.75, 3.05) is 6.54 Å². The van der Waals surface area contributed by atoms with Gasteiger partial charge >= 0.3 is 6.18 Å². The number of carbonyl (C=O) groups is 1. The zero-order valence-corrected chi connectivity index (χ0v) is 19.6. The normalized spacial score (nSPS) is 15.7. The molecule has 9 heteroatoms. The average molecular weight is 497 g/mol. The van der Waals surface area contributed by atoms with Crippen molar-refractivity contribution in [1.29, 1.82) is 0 Å². The Bertz CT molecular complexity index is 1340. The number of rotatable bonds is 5. The van der Waals surface area contributed by atoms with Crippen LogP contribution < -0.4 is 5.32 Å². The number of para-hydroxylation sites is 1. The molecule has 1 fully saturated rings. The molecule has 3 aromatic heterocycles. The minimum absolute atomic E-state index is 0.117. The van der Waals surface area contributed by atoms with Crippen molar-refractivity contribution in [2.45, 2.75) is 43.7 Å². The molecule has 1 amide bonds. The van der Waals surface area contributed by atoms with Crippen LogP contribution in [0.2, 0.25) is 0 Å². The molecule has 1 saturated carbocycles. The molecule has 0 radical (unpaired) electrons. The van der Waals surface area contributed by atoms with Crippen LogP contribution in [0.4, 0.5) is 13.2 Å². The van der Waals surface area contributed by atoms with Crippen molar-refractivity contribution in [3.63, 3.8) is 0 Å². The van der Waals surface area contributed by atoms with Gasteiger partial charge in [0.1, 0.15) is 9.88 Å². The van der Waals surface area contributed by atoms with E-state index >= 15 is 0 Å². The molecular weight excluding hydrogens is 473 g/mol. The largest absolute Gasteiger partial charge is 0.435 e. The summed E-state index contributed by atoms with van der Waals surface area (Å²) >= 11 is 0.748. The van der Waals surface area contributed by atoms with Crippen LogP contribution in [0.3, 0.4) is 0 Å². The van der Waals surface area contributed by atoms with E-state index in [0.29, 0.717) is 11.1 Å². The van der Waals surface area contributed by atoms with Crippen molar-refractivity contribution in [1.82, 2.24) is 20.3 Å². The number of alkyl halides is 3. The molecule has 1 aromatic carbocycles. The number of nitrogens with zero attached hydrogens (tertiary/aromatic N) is 3. The maximum absolute atomic E-state index is 13.9. The van der Waals surface area contributed by atoms with Crippen molar-refractivity contribution in [2.24, 2.45) is 0 Å². The summed E-state index contributed by atoms with van der Waals surface area (Å²) in [7, 11) is 0. The number of hydrogen-bond donors (Lipinski definition) is 1. The number of benzene rings is 1. The van der Waals surface area contributed by atoms with Crippen LogP contribution in [0.5, 0.6) is 0 Å². The number of thiazole rings is 1. The van der Waals surface area contributed by atoms with Crippen molar-refractivity contribution >= 4 is 28.1 Å². The lowest BCUT2D eigenvalue weighted by Gasteiger charge is -2.37. The van der Waals surface area contributed by atoms with Crippen LogP contribution in [0.25, 0.3) is 21.5 Å². The molecular formula is C26H23F3N4OS. The van der Waals surface area contributed by atoms with E-state index in [1.807, 2.05) is 24.3 Å². The first-order chi connectivity index (χ1) is 16.9. The second kappa shape index (κ2) is 9.37. The van der Waals surface area contributed by atoms with E-state index in [2.05, 4.69) is 20.3 Å². The zero-order valence-electron chi connectivity index (χ0n) is 18.8. The lowest BCUT2D eigenvalue weighted by molar-refractivity contribution is -0.141. The Labute approximate surface area is 204 Å². The minimum Gasteiger partial charge on any atom is -0.350 e. The maximum atomic E-state index is 13.9. The molecule has 180 valence electrons. The van der Waals surface area contributed by atoms with E-state index in [1.165, 1.54) is 0 Å². The Morgan fingerprint density at radius 1 is 1.03 bits per heavy atom. The summed E-state index contributed by atoms with van der Waals surface area (Å²) in [5, 5.41) is 3.72. The standard InChI is InChI=1S/C26H23F3N4OS/c27-26(28,29)22-21(35-24(33-22)19-10-4-7-17-8-5-14-31-20(17)19)23(34)32-16-25(11-2-1-3-12-25)18-9-6-13-30-15-18/h4-10,13-15H,1-3,11-12,16H2,(H,32,34). The highest BCUT2D eigenvalue weighted by molar-refractivity contribution is 7.17. The Hall–Kier alpha value is -3.33. The fraction of sp³-hybridized carbons (Fsp3) is 0.308. The highest BCUT2D eigenvalue weighted by Gasteiger charge is 2.41. The molecule has 1 N–H and O–H groups in total. The van der Waals surface area contributed by atoms with E-state index in [9.17, 15) is 18.0 Å². The summed E-state index contributed by atoms with van der Waals surface area (Å²) in [6, 6.07) is 12.7. The van der Waals surface area contributed by atoms with E-state index in [0.717, 1.165) is 54.4 Å². The molecule has 0 atom stereocenters. The maximum Gasteiger partial charge on any atom is 0.435 e. The first kappa shape index (κ1) is 23.4. The van der Waals surface area contributed by atoms with Gasteiger partial charge < -0.3 is 5.32 Å². The smallest absolute Gasteiger partial charge is 0.350 e. The van der Waals surface area contributed by atoms with Gasteiger partial charge in [-0.3, -0.25) is 14.8 Å². The van der Waals surface area contributed by atoms with E-state index in [1.54, 1.807) is 36.8 Å². The first-order valence-electron chi connectivity index (χ1n) is 11.5. The average Bonchev–Trinajstić information content (AvgIpc) is 3.34. The van der Waals surface area contributed by atoms with Gasteiger partial charge in [-0.1, -0.05) is 43.5 Å². The predicted octanol–water partition coefficient (Wildman–Crippen LogP) is 6.40. The fourth-order valence-corrected chi connectivity index (χ4v) is 5.89. The van der Waals surface area contributed by atoms with Gasteiger partial charge in [-0.05, 0) is 36.6 Å². The number of aromatic nitrogens is 3. The van der Waals surface area contributed by atoms with E-state index in [-0.39, 0.29) is 17.0 Å². The molecule has 3 heterocycles. The summed E-state index contributed by atoms with van der Waals surface area (Å²) < 4.78 is 41.8. The van der Waals surface area contributed by atoms with Gasteiger partial charge in [-0.15, -0.1) is 11.3 Å². The second-order valence-corrected chi connectivity index (χ2v) is 9.84. The molecule has 5 rings (SSSR count). The van der Waals surface area contributed by atoms with Crippen molar-refractivity contribution in [3.05, 3.63) is 77.2 Å². The summed E-state index contributed by atoms with van der Waals surface area (Å²) in [6.07, 6.45) is 5.10. The molecule has 1 aliphatic carbocycles. The number of amides is 1. The van der Waals surface area contributed by atoms with Crippen LogP contribution in [0, 0.1) is 0 Å². The van der Waals surface area contributed by atoms with Crippen LogP contribution in [-0.2, 0) is 11.6 Å². The Morgan fingerprint density at radius 3 is 2.54 bits per heavy atom. The van der Waals surface area contributed by atoms with Gasteiger partial charge in [0.05, 0.1) is 5.52 Å². The van der Waals surface area contributed by atoms with Gasteiger partial charge in [0.25, 0.3) is 5.91 Å². The summed E-state index contributed by atoms with van der Waals surface area (Å²) in [6.45, 7) is 0.248. The lowest BCUT2D eigenvalue weighted by Crippen LogP contribution is -2.42. The number of fused-ring (bicyclic) bond motifs is 1. The topological polar surface area (TPSA) is 67.8 Å². The van der Waals surface area contributed by atoms with Crippen molar-refractivity contribution in [3.8, 4) is 10.6 Å². The Balaban J connectivity index is 1.48. The number of hydrogen-bond acceptors (Lipinski definition) is 5. The quantitative estimate of drug-likeness (QED) is 0.347. The van der Waals surface area contributed by atoms with Gasteiger partial charge in [0.2, 0.25) is 0 Å². The highest BCUT2D eigenvalue weighted by Crippen LogP contribution is 2.41. The third-order valence-electron chi connectivity index (χ3n) is 6.64. The molecule has 1 aliphatic rings. The molecule has 0 spiro atoms. The van der Waals surface area contributed by atoms with Gasteiger partial charge in [-0.2, -0.15) is 13.2 Å². The third-order valence-corrected chi connectivity index (χ3v) is 7.72. The van der Waals surface area contributed by atoms with Crippen molar-refractivity contribution < 1.29 is 18.0 Å². The summed E-state index contributed by atoms with van der Waals surface area (Å²) in [5.74, 6) is -0.761. The Morgan fingerprint density at radius 2 is 1.80 bits per heavy atom. The molecule has 0 aliphatic heterocycles. The number of nitrogens with one attached hydrogen (secondary N) is 1. The fourth-order valence-electron chi connectivity index (χ4n) is 4.86. The predicted molar refractivity (Wildman–Crippen MR) is 129 cm³/mol. The first-order valence-corrected chi connectivity index (χ1v) is 12.3. The van der Waals surface area contributed by atoms with Crippen LogP contribution in [0.15, 0.2) is 61.1 Å².